The fourth-order valence-corrected chi connectivity index (χ4v) is 4.17. The van der Waals surface area contributed by atoms with Crippen molar-refractivity contribution in [2.75, 3.05) is 13.2 Å². The maximum Gasteiger partial charge on any atom is 0.348 e. The Hall–Kier alpha value is -3.07. The Bertz CT molecular complexity index is 1090. The number of aromatic nitrogens is 2. The molecule has 3 aromatic rings. The molecule has 0 saturated carbocycles. The van der Waals surface area contributed by atoms with Crippen LogP contribution in [0.2, 0.25) is 0 Å². The van der Waals surface area contributed by atoms with E-state index in [0.717, 1.165) is 15.1 Å². The summed E-state index contributed by atoms with van der Waals surface area (Å²) in [4.78, 5) is 38.1. The summed E-state index contributed by atoms with van der Waals surface area (Å²) < 4.78 is 19.9. The number of esters is 1. The minimum atomic E-state index is -0.633. The molecule has 1 fully saturated rings. The molecule has 0 aliphatic carbocycles. The molecule has 0 spiro atoms. The molecular weight excluding hydrogens is 385 g/mol. The number of carbonyl (C=O) groups excluding carboxylic acids is 3. The first-order valence-electron chi connectivity index (χ1n) is 8.69. The summed E-state index contributed by atoms with van der Waals surface area (Å²) in [5.74, 6) is -1.73. The summed E-state index contributed by atoms with van der Waals surface area (Å²) in [5, 5.41) is 5.22. The molecule has 0 unspecified atom stereocenters. The molecule has 0 atom stereocenters. The Balaban J connectivity index is 1.53. The van der Waals surface area contributed by atoms with Crippen LogP contribution in [0.1, 0.15) is 28.2 Å². The van der Waals surface area contributed by atoms with E-state index in [2.05, 4.69) is 5.10 Å². The van der Waals surface area contributed by atoms with Crippen molar-refractivity contribution in [3.63, 3.8) is 0 Å². The quantitative estimate of drug-likeness (QED) is 0.628. The highest BCUT2D eigenvalue weighted by Gasteiger charge is 2.27. The zero-order valence-corrected chi connectivity index (χ0v) is 15.8. The number of fused-ring (bicyclic) bond motifs is 1. The van der Waals surface area contributed by atoms with Crippen LogP contribution in [0, 0.1) is 12.7 Å². The van der Waals surface area contributed by atoms with Crippen molar-refractivity contribution < 1.29 is 23.5 Å². The number of hydrogen-bond acceptors (Lipinski definition) is 6. The average Bonchev–Trinajstić information content (AvgIpc) is 3.37. The van der Waals surface area contributed by atoms with Crippen LogP contribution in [0.15, 0.2) is 30.3 Å². The van der Waals surface area contributed by atoms with Gasteiger partial charge < -0.3 is 4.74 Å². The number of hydrogen-bond donors (Lipinski definition) is 0. The number of rotatable bonds is 4. The van der Waals surface area contributed by atoms with Crippen LogP contribution in [0.25, 0.3) is 15.9 Å². The first-order chi connectivity index (χ1) is 13.4. The van der Waals surface area contributed by atoms with Gasteiger partial charge in [0.1, 0.15) is 15.5 Å². The molecule has 1 aliphatic rings. The van der Waals surface area contributed by atoms with E-state index in [1.165, 1.54) is 23.5 Å². The Morgan fingerprint density at radius 1 is 1.29 bits per heavy atom. The lowest BCUT2D eigenvalue weighted by atomic mass is 10.3. The third-order valence-corrected chi connectivity index (χ3v) is 5.61. The van der Waals surface area contributed by atoms with Gasteiger partial charge in [-0.05, 0) is 43.7 Å². The van der Waals surface area contributed by atoms with Crippen LogP contribution in [0.3, 0.4) is 0 Å². The van der Waals surface area contributed by atoms with Gasteiger partial charge in [0.2, 0.25) is 5.91 Å². The first-order valence-corrected chi connectivity index (χ1v) is 9.51. The monoisotopic (exact) mass is 401 g/mol. The number of likely N-dealkylation sites (tertiary alicyclic amines) is 1. The lowest BCUT2D eigenvalue weighted by Gasteiger charge is -2.12. The van der Waals surface area contributed by atoms with Gasteiger partial charge in [0.05, 0.1) is 11.4 Å². The van der Waals surface area contributed by atoms with E-state index in [-0.39, 0.29) is 11.7 Å². The highest BCUT2D eigenvalue weighted by Crippen LogP contribution is 2.31. The smallest absolute Gasteiger partial charge is 0.348 e. The fourth-order valence-electron chi connectivity index (χ4n) is 3.09. The van der Waals surface area contributed by atoms with Gasteiger partial charge >= 0.3 is 5.97 Å². The van der Waals surface area contributed by atoms with Crippen molar-refractivity contribution in [2.45, 2.75) is 19.8 Å². The lowest BCUT2D eigenvalue weighted by Crippen LogP contribution is -2.35. The Morgan fingerprint density at radius 2 is 2.04 bits per heavy atom. The Labute approximate surface area is 163 Å². The van der Waals surface area contributed by atoms with E-state index >= 15 is 0 Å². The third kappa shape index (κ3) is 3.29. The van der Waals surface area contributed by atoms with Crippen LogP contribution in [0.4, 0.5) is 4.39 Å². The van der Waals surface area contributed by atoms with Crippen LogP contribution < -0.4 is 0 Å². The van der Waals surface area contributed by atoms with Gasteiger partial charge in [-0.3, -0.25) is 14.5 Å². The summed E-state index contributed by atoms with van der Waals surface area (Å²) in [7, 11) is 0. The number of imide groups is 1. The number of nitrogens with zero attached hydrogens (tertiary/aromatic N) is 3. The molecule has 7 nitrogen and oxygen atoms in total. The van der Waals surface area contributed by atoms with Crippen molar-refractivity contribution in [3.8, 4) is 5.69 Å². The van der Waals surface area contributed by atoms with E-state index in [9.17, 15) is 18.8 Å². The van der Waals surface area contributed by atoms with E-state index < -0.39 is 18.5 Å². The molecule has 1 saturated heterocycles. The highest BCUT2D eigenvalue weighted by molar-refractivity contribution is 7.20. The van der Waals surface area contributed by atoms with E-state index in [4.69, 9.17) is 4.74 Å². The number of halogens is 1. The summed E-state index contributed by atoms with van der Waals surface area (Å²) >= 11 is 1.18. The maximum atomic E-state index is 13.2. The summed E-state index contributed by atoms with van der Waals surface area (Å²) in [6, 6.07) is 7.55. The van der Waals surface area contributed by atoms with Gasteiger partial charge in [-0.25, -0.2) is 13.9 Å². The van der Waals surface area contributed by atoms with Crippen LogP contribution in [-0.4, -0.2) is 45.6 Å². The second kappa shape index (κ2) is 7.16. The molecule has 1 aromatic carbocycles. The highest BCUT2D eigenvalue weighted by atomic mass is 32.1. The number of ether oxygens (including phenoxy) is 1. The minimum Gasteiger partial charge on any atom is -0.451 e. The van der Waals surface area contributed by atoms with Gasteiger partial charge in [-0.15, -0.1) is 11.3 Å². The Kier molecular flexibility index (Phi) is 4.68. The first kappa shape index (κ1) is 18.3. The SMILES string of the molecule is Cc1nn(-c2ccc(F)cc2)c2sc(C(=O)OCC(=O)N3CCCC3=O)cc12. The number of thiophene rings is 1. The summed E-state index contributed by atoms with van der Waals surface area (Å²) in [5.41, 5.74) is 1.39. The Morgan fingerprint density at radius 3 is 2.71 bits per heavy atom. The van der Waals surface area contributed by atoms with E-state index in [0.29, 0.717) is 35.6 Å². The second-order valence-electron chi connectivity index (χ2n) is 6.42. The van der Waals surface area contributed by atoms with Crippen molar-refractivity contribution in [3.05, 3.63) is 46.7 Å². The molecule has 28 heavy (non-hydrogen) atoms. The fraction of sp³-hybridized carbons (Fsp3) is 0.263. The summed E-state index contributed by atoms with van der Waals surface area (Å²) in [6.07, 6.45) is 0.975. The number of aryl methyl sites for hydroxylation is 1. The maximum absolute atomic E-state index is 13.2. The van der Waals surface area contributed by atoms with Gasteiger partial charge in [-0.2, -0.15) is 5.10 Å². The van der Waals surface area contributed by atoms with Gasteiger partial charge in [0, 0.05) is 18.4 Å². The molecule has 2 amide bonds. The molecule has 144 valence electrons. The molecule has 3 heterocycles. The van der Waals surface area contributed by atoms with E-state index in [1.807, 2.05) is 6.92 Å². The van der Waals surface area contributed by atoms with Crippen LogP contribution in [-0.2, 0) is 14.3 Å². The van der Waals surface area contributed by atoms with Crippen LogP contribution >= 0.6 is 11.3 Å². The standard InChI is InChI=1S/C19H16FN3O4S/c1-11-14-9-15(19(26)27-10-17(25)22-8-2-3-16(22)24)28-18(14)23(21-11)13-6-4-12(20)5-7-13/h4-7,9H,2-3,8,10H2,1H3. The van der Waals surface area contributed by atoms with Crippen molar-refractivity contribution >= 4 is 39.3 Å². The second-order valence-corrected chi connectivity index (χ2v) is 7.45. The molecular formula is C19H16FN3O4S. The van der Waals surface area contributed by atoms with Crippen molar-refractivity contribution in [1.82, 2.24) is 14.7 Å². The van der Waals surface area contributed by atoms with E-state index in [1.54, 1.807) is 22.9 Å². The van der Waals surface area contributed by atoms with Crippen LogP contribution in [0.5, 0.6) is 0 Å². The molecule has 0 radical (unpaired) electrons. The molecule has 0 bridgehead atoms. The lowest BCUT2D eigenvalue weighted by molar-refractivity contribution is -0.143. The topological polar surface area (TPSA) is 81.5 Å². The zero-order valence-electron chi connectivity index (χ0n) is 15.0. The normalized spacial score (nSPS) is 14.1. The number of benzene rings is 1. The largest absolute Gasteiger partial charge is 0.451 e. The molecule has 4 rings (SSSR count). The number of amides is 2. The molecule has 9 heteroatoms. The molecule has 0 N–H and O–H groups in total. The van der Waals surface area contributed by atoms with Gasteiger partial charge in [0.25, 0.3) is 5.91 Å². The molecule has 2 aromatic heterocycles. The average molecular weight is 401 g/mol. The zero-order chi connectivity index (χ0) is 19.8. The minimum absolute atomic E-state index is 0.238. The molecule has 1 aliphatic heterocycles. The summed E-state index contributed by atoms with van der Waals surface area (Å²) in [6.45, 7) is 1.71. The third-order valence-electron chi connectivity index (χ3n) is 4.52. The van der Waals surface area contributed by atoms with Gasteiger partial charge in [0.15, 0.2) is 6.61 Å². The predicted octanol–water partition coefficient (Wildman–Crippen LogP) is 2.84. The van der Waals surface area contributed by atoms with Gasteiger partial charge in [-0.1, -0.05) is 0 Å². The van der Waals surface area contributed by atoms with Crippen molar-refractivity contribution in [2.24, 2.45) is 0 Å². The van der Waals surface area contributed by atoms with Crippen molar-refractivity contribution in [1.29, 1.82) is 0 Å². The predicted molar refractivity (Wildman–Crippen MR) is 99.9 cm³/mol. The number of carbonyl (C=O) groups is 3.